The van der Waals surface area contributed by atoms with E-state index in [2.05, 4.69) is 182 Å². The minimum absolute atomic E-state index is 1.23. The number of rotatable bonds is 4. The minimum Gasteiger partial charge on any atom is -0.0622 e. The van der Waals surface area contributed by atoms with Crippen LogP contribution in [0.5, 0.6) is 0 Å². The summed E-state index contributed by atoms with van der Waals surface area (Å²) in [5.74, 6) is 0. The van der Waals surface area contributed by atoms with Crippen molar-refractivity contribution in [3.8, 4) is 44.5 Å². The molecule has 0 aliphatic rings. The highest BCUT2D eigenvalue weighted by Gasteiger charge is 2.20. The van der Waals surface area contributed by atoms with Crippen LogP contribution in [-0.4, -0.2) is 0 Å². The summed E-state index contributed by atoms with van der Waals surface area (Å²) in [6.45, 7) is 0. The zero-order valence-electron chi connectivity index (χ0n) is 25.3. The lowest BCUT2D eigenvalue weighted by molar-refractivity contribution is 1.61. The second-order valence-electron chi connectivity index (χ2n) is 12.0. The Morgan fingerprint density at radius 3 is 1.35 bits per heavy atom. The quantitative estimate of drug-likeness (QED) is 0.181. The van der Waals surface area contributed by atoms with Crippen LogP contribution in [0.15, 0.2) is 182 Å². The van der Waals surface area contributed by atoms with Gasteiger partial charge in [-0.3, -0.25) is 0 Å². The lowest BCUT2D eigenvalue weighted by Crippen LogP contribution is -1.93. The monoisotopic (exact) mass is 582 g/mol. The minimum atomic E-state index is 1.23. The number of benzene rings is 9. The third kappa shape index (κ3) is 4.23. The summed E-state index contributed by atoms with van der Waals surface area (Å²) in [5.41, 5.74) is 10.1. The topological polar surface area (TPSA) is 0 Å². The fraction of sp³-hybridized carbons (Fsp3) is 0. The molecule has 0 aliphatic carbocycles. The first-order chi connectivity index (χ1) is 22.8. The number of hydrogen-bond donors (Lipinski definition) is 0. The molecule has 0 heterocycles. The highest BCUT2D eigenvalue weighted by atomic mass is 14.2. The second kappa shape index (κ2) is 10.9. The summed E-state index contributed by atoms with van der Waals surface area (Å²) < 4.78 is 0. The van der Waals surface area contributed by atoms with E-state index in [1.807, 2.05) is 0 Å². The lowest BCUT2D eigenvalue weighted by atomic mass is 9.82. The molecule has 0 atom stereocenters. The van der Waals surface area contributed by atoms with E-state index >= 15 is 0 Å². The largest absolute Gasteiger partial charge is 0.0622 e. The van der Waals surface area contributed by atoms with E-state index in [0.29, 0.717) is 0 Å². The van der Waals surface area contributed by atoms with Gasteiger partial charge in [-0.2, -0.15) is 0 Å². The molecule has 9 aromatic carbocycles. The molecule has 9 rings (SSSR count). The average molecular weight is 583 g/mol. The first kappa shape index (κ1) is 26.4. The van der Waals surface area contributed by atoms with Gasteiger partial charge in [0, 0.05) is 0 Å². The van der Waals surface area contributed by atoms with Gasteiger partial charge < -0.3 is 0 Å². The highest BCUT2D eigenvalue weighted by Crippen LogP contribution is 2.47. The van der Waals surface area contributed by atoms with Crippen molar-refractivity contribution in [2.45, 2.75) is 0 Å². The van der Waals surface area contributed by atoms with Gasteiger partial charge in [0.25, 0.3) is 0 Å². The summed E-state index contributed by atoms with van der Waals surface area (Å²) in [5, 5.41) is 10.1. The van der Waals surface area contributed by atoms with Crippen molar-refractivity contribution in [2.75, 3.05) is 0 Å². The van der Waals surface area contributed by atoms with Crippen molar-refractivity contribution in [1.82, 2.24) is 0 Å². The van der Waals surface area contributed by atoms with Crippen LogP contribution < -0.4 is 0 Å². The average Bonchev–Trinajstić information content (AvgIpc) is 3.13. The molecule has 0 bridgehead atoms. The lowest BCUT2D eigenvalue weighted by Gasteiger charge is -2.20. The predicted octanol–water partition coefficient (Wildman–Crippen LogP) is 13.0. The maximum absolute atomic E-state index is 2.32. The summed E-state index contributed by atoms with van der Waals surface area (Å²) in [7, 11) is 0. The summed E-state index contributed by atoms with van der Waals surface area (Å²) in [6, 6.07) is 66.5. The van der Waals surface area contributed by atoms with Crippen LogP contribution in [0.1, 0.15) is 0 Å². The van der Waals surface area contributed by atoms with Gasteiger partial charge in [-0.1, -0.05) is 176 Å². The predicted molar refractivity (Wildman–Crippen MR) is 198 cm³/mol. The summed E-state index contributed by atoms with van der Waals surface area (Å²) >= 11 is 0. The maximum atomic E-state index is 2.32. The SMILES string of the molecule is c1ccc(-c2ccccc2-c2c3ccccc3c(-c3cccc4c(-c5ccc6ccccc6c5)cccc34)c3ccccc23)cc1. The van der Waals surface area contributed by atoms with Gasteiger partial charge in [-0.25, -0.2) is 0 Å². The first-order valence-corrected chi connectivity index (χ1v) is 15.9. The Morgan fingerprint density at radius 2 is 0.674 bits per heavy atom. The van der Waals surface area contributed by atoms with Crippen molar-refractivity contribution in [1.29, 1.82) is 0 Å². The molecule has 0 fully saturated rings. The van der Waals surface area contributed by atoms with Crippen molar-refractivity contribution in [3.05, 3.63) is 182 Å². The van der Waals surface area contributed by atoms with Crippen LogP contribution in [0.25, 0.3) is 87.6 Å². The zero-order valence-corrected chi connectivity index (χ0v) is 25.3. The fourth-order valence-corrected chi connectivity index (χ4v) is 7.42. The molecule has 0 saturated carbocycles. The molecule has 0 aromatic heterocycles. The van der Waals surface area contributed by atoms with Gasteiger partial charge in [0.2, 0.25) is 0 Å². The van der Waals surface area contributed by atoms with Crippen LogP contribution in [0.4, 0.5) is 0 Å². The van der Waals surface area contributed by atoms with E-state index < -0.39 is 0 Å². The molecule has 0 saturated heterocycles. The van der Waals surface area contributed by atoms with E-state index in [4.69, 9.17) is 0 Å². The molecule has 9 aromatic rings. The standard InChI is InChI=1S/C46H30/c1-2-15-32(16-3-1)35-18-6-7-19-39(35)45-41-20-8-10-22-43(41)46(44-23-11-9-21-42(44)45)40-27-13-25-37-36(24-12-26-38(37)40)34-29-28-31-14-4-5-17-33(31)30-34/h1-30H. The molecule has 214 valence electrons. The van der Waals surface area contributed by atoms with E-state index in [1.165, 1.54) is 87.6 Å². The maximum Gasteiger partial charge on any atom is -0.00201 e. The molecule has 0 aliphatic heterocycles. The van der Waals surface area contributed by atoms with Crippen LogP contribution >= 0.6 is 0 Å². The molecule has 0 spiro atoms. The number of fused-ring (bicyclic) bond motifs is 4. The first-order valence-electron chi connectivity index (χ1n) is 15.9. The van der Waals surface area contributed by atoms with Gasteiger partial charge in [0.1, 0.15) is 0 Å². The molecular formula is C46H30. The van der Waals surface area contributed by atoms with Gasteiger partial charge in [-0.15, -0.1) is 0 Å². The third-order valence-corrected chi connectivity index (χ3v) is 9.46. The molecule has 0 radical (unpaired) electrons. The van der Waals surface area contributed by atoms with Gasteiger partial charge >= 0.3 is 0 Å². The van der Waals surface area contributed by atoms with Crippen LogP contribution in [0, 0.1) is 0 Å². The van der Waals surface area contributed by atoms with Crippen molar-refractivity contribution >= 4 is 43.1 Å². The Kier molecular flexibility index (Phi) is 6.25. The molecule has 0 N–H and O–H groups in total. The number of hydrogen-bond acceptors (Lipinski definition) is 0. The molecule has 0 heteroatoms. The molecule has 46 heavy (non-hydrogen) atoms. The van der Waals surface area contributed by atoms with E-state index in [-0.39, 0.29) is 0 Å². The molecule has 0 unspecified atom stereocenters. The Labute approximate surface area is 268 Å². The molecule has 0 nitrogen and oxygen atoms in total. The third-order valence-electron chi connectivity index (χ3n) is 9.46. The summed E-state index contributed by atoms with van der Waals surface area (Å²) in [4.78, 5) is 0. The van der Waals surface area contributed by atoms with Crippen molar-refractivity contribution in [3.63, 3.8) is 0 Å². The van der Waals surface area contributed by atoms with E-state index in [0.717, 1.165) is 0 Å². The Bertz CT molecular complexity index is 2520. The smallest absolute Gasteiger partial charge is 0.00201 e. The van der Waals surface area contributed by atoms with Gasteiger partial charge in [0.05, 0.1) is 0 Å². The van der Waals surface area contributed by atoms with Crippen LogP contribution in [-0.2, 0) is 0 Å². The molecule has 0 amide bonds. The highest BCUT2D eigenvalue weighted by molar-refractivity contribution is 6.24. The Hall–Kier alpha value is -5.98. The summed E-state index contributed by atoms with van der Waals surface area (Å²) in [6.07, 6.45) is 0. The fourth-order valence-electron chi connectivity index (χ4n) is 7.42. The van der Waals surface area contributed by atoms with Gasteiger partial charge in [-0.05, 0) is 93.7 Å². The zero-order chi connectivity index (χ0) is 30.5. The van der Waals surface area contributed by atoms with Crippen molar-refractivity contribution < 1.29 is 0 Å². The van der Waals surface area contributed by atoms with Gasteiger partial charge in [0.15, 0.2) is 0 Å². The van der Waals surface area contributed by atoms with E-state index in [9.17, 15) is 0 Å². The Balaban J connectivity index is 1.34. The van der Waals surface area contributed by atoms with Crippen molar-refractivity contribution in [2.24, 2.45) is 0 Å². The van der Waals surface area contributed by atoms with Crippen LogP contribution in [0.2, 0.25) is 0 Å². The normalized spacial score (nSPS) is 11.5. The Morgan fingerprint density at radius 1 is 0.217 bits per heavy atom. The van der Waals surface area contributed by atoms with E-state index in [1.54, 1.807) is 0 Å². The molecular weight excluding hydrogens is 553 g/mol. The van der Waals surface area contributed by atoms with Crippen LogP contribution in [0.3, 0.4) is 0 Å². The second-order valence-corrected chi connectivity index (χ2v) is 12.0.